The van der Waals surface area contributed by atoms with Crippen molar-refractivity contribution in [2.24, 2.45) is 5.73 Å². The molecule has 6 nitrogen and oxygen atoms in total. The number of hydrogen-bond donors (Lipinski definition) is 2. The topological polar surface area (TPSA) is 84.7 Å². The lowest BCUT2D eigenvalue weighted by Crippen LogP contribution is -2.41. The molecule has 7 heteroatoms. The third-order valence-corrected chi connectivity index (χ3v) is 2.49. The zero-order valence-electron chi connectivity index (χ0n) is 11.4. The molecule has 0 aromatic heterocycles. The maximum atomic E-state index is 11.6. The molecule has 0 aliphatic heterocycles. The van der Waals surface area contributed by atoms with Crippen LogP contribution in [-0.2, 0) is 9.59 Å². The Morgan fingerprint density at radius 1 is 1.30 bits per heavy atom. The van der Waals surface area contributed by atoms with Crippen LogP contribution in [0.15, 0.2) is 30.3 Å². The van der Waals surface area contributed by atoms with E-state index in [1.165, 1.54) is 4.90 Å². The molecular formula is C13H20ClN3O3. The first-order chi connectivity index (χ1) is 9.13. The van der Waals surface area contributed by atoms with Crippen LogP contribution in [0.2, 0.25) is 0 Å². The molecule has 0 radical (unpaired) electrons. The fourth-order valence-electron chi connectivity index (χ4n) is 1.32. The lowest BCUT2D eigenvalue weighted by Gasteiger charge is -2.17. The van der Waals surface area contributed by atoms with Crippen LogP contribution in [0.3, 0.4) is 0 Å². The predicted molar refractivity (Wildman–Crippen MR) is 78.9 cm³/mol. The quantitative estimate of drug-likeness (QED) is 0.743. The fraction of sp³-hybridized carbons (Fsp3) is 0.385. The maximum absolute atomic E-state index is 11.6. The van der Waals surface area contributed by atoms with Gasteiger partial charge in [-0.2, -0.15) is 0 Å². The largest absolute Gasteiger partial charge is 0.492 e. The number of nitrogens with two attached hydrogens (primary N) is 1. The van der Waals surface area contributed by atoms with E-state index in [0.29, 0.717) is 13.2 Å². The van der Waals surface area contributed by atoms with Crippen LogP contribution in [0.4, 0.5) is 0 Å². The number of para-hydroxylation sites is 1. The summed E-state index contributed by atoms with van der Waals surface area (Å²) in [7, 11) is 1.66. The van der Waals surface area contributed by atoms with Gasteiger partial charge in [-0.05, 0) is 12.1 Å². The molecule has 112 valence electrons. The minimum absolute atomic E-state index is 0. The van der Waals surface area contributed by atoms with Gasteiger partial charge in [0.05, 0.1) is 19.6 Å². The lowest BCUT2D eigenvalue weighted by molar-refractivity contribution is -0.131. The van der Waals surface area contributed by atoms with Crippen molar-refractivity contribution in [1.82, 2.24) is 10.2 Å². The molecule has 0 unspecified atom stereocenters. The average Bonchev–Trinajstić information content (AvgIpc) is 2.45. The third-order valence-electron chi connectivity index (χ3n) is 2.49. The molecule has 1 aromatic carbocycles. The fourth-order valence-corrected chi connectivity index (χ4v) is 1.32. The second-order valence-electron chi connectivity index (χ2n) is 3.96. The number of benzene rings is 1. The van der Waals surface area contributed by atoms with Gasteiger partial charge in [-0.15, -0.1) is 12.4 Å². The lowest BCUT2D eigenvalue weighted by atomic mass is 10.3. The second kappa shape index (κ2) is 10.1. The van der Waals surface area contributed by atoms with Crippen LogP contribution in [-0.4, -0.2) is 50.0 Å². The highest BCUT2D eigenvalue weighted by atomic mass is 35.5. The van der Waals surface area contributed by atoms with Gasteiger partial charge < -0.3 is 20.7 Å². The number of amides is 2. The molecule has 1 rings (SSSR count). The highest BCUT2D eigenvalue weighted by molar-refractivity contribution is 5.85. The van der Waals surface area contributed by atoms with Crippen LogP contribution in [0, 0.1) is 0 Å². The maximum Gasteiger partial charge on any atom is 0.241 e. The Kier molecular flexibility index (Phi) is 9.15. The van der Waals surface area contributed by atoms with Crippen molar-refractivity contribution in [2.45, 2.75) is 0 Å². The Bertz CT molecular complexity index is 415. The average molecular weight is 302 g/mol. The van der Waals surface area contributed by atoms with Gasteiger partial charge >= 0.3 is 0 Å². The number of rotatable bonds is 7. The van der Waals surface area contributed by atoms with Crippen molar-refractivity contribution in [3.63, 3.8) is 0 Å². The summed E-state index contributed by atoms with van der Waals surface area (Å²) in [6, 6.07) is 9.37. The minimum Gasteiger partial charge on any atom is -0.492 e. The summed E-state index contributed by atoms with van der Waals surface area (Å²) in [6.07, 6.45) is 0. The number of likely N-dealkylation sites (N-methyl/N-ethyl adjacent to an activating group) is 1. The molecule has 0 saturated carbocycles. The predicted octanol–water partition coefficient (Wildman–Crippen LogP) is 0.0205. The zero-order chi connectivity index (χ0) is 14.1. The number of carbonyl (C=O) groups is 2. The summed E-state index contributed by atoms with van der Waals surface area (Å²) >= 11 is 0. The van der Waals surface area contributed by atoms with E-state index in [1.54, 1.807) is 7.05 Å². The van der Waals surface area contributed by atoms with Gasteiger partial charge in [0, 0.05) is 7.05 Å². The second-order valence-corrected chi connectivity index (χ2v) is 3.96. The molecule has 3 N–H and O–H groups in total. The number of nitrogens with zero attached hydrogens (tertiary/aromatic N) is 1. The van der Waals surface area contributed by atoms with Crippen molar-refractivity contribution in [2.75, 3.05) is 33.3 Å². The summed E-state index contributed by atoms with van der Waals surface area (Å²) in [6.45, 7) is 0.690. The van der Waals surface area contributed by atoms with Gasteiger partial charge in [0.1, 0.15) is 12.4 Å². The van der Waals surface area contributed by atoms with Gasteiger partial charge in [0.15, 0.2) is 0 Å². The van der Waals surface area contributed by atoms with Crippen molar-refractivity contribution in [1.29, 1.82) is 0 Å². The molecule has 0 bridgehead atoms. The Balaban J connectivity index is 0.00000361. The molecule has 20 heavy (non-hydrogen) atoms. The molecule has 1 aromatic rings. The molecule has 2 amide bonds. The molecule has 0 atom stereocenters. The molecule has 0 aliphatic carbocycles. The molecule has 0 heterocycles. The van der Waals surface area contributed by atoms with Crippen molar-refractivity contribution < 1.29 is 14.3 Å². The number of nitrogens with one attached hydrogen (secondary N) is 1. The third kappa shape index (κ3) is 6.96. The minimum atomic E-state index is -0.345. The van der Waals surface area contributed by atoms with Crippen LogP contribution in [0.1, 0.15) is 0 Å². The van der Waals surface area contributed by atoms with Crippen LogP contribution in [0.5, 0.6) is 5.75 Å². The molecule has 0 saturated heterocycles. The molecule has 0 spiro atoms. The van der Waals surface area contributed by atoms with Crippen LogP contribution in [0.25, 0.3) is 0 Å². The Morgan fingerprint density at radius 2 is 1.95 bits per heavy atom. The summed E-state index contributed by atoms with van der Waals surface area (Å²) in [5.74, 6) is 0.237. The van der Waals surface area contributed by atoms with E-state index in [1.807, 2.05) is 30.3 Å². The number of carbonyl (C=O) groups excluding carboxylic acids is 2. The van der Waals surface area contributed by atoms with Gasteiger partial charge in [-0.25, -0.2) is 0 Å². The Hall–Kier alpha value is -1.79. The Morgan fingerprint density at radius 3 is 2.55 bits per heavy atom. The van der Waals surface area contributed by atoms with E-state index in [-0.39, 0.29) is 37.3 Å². The van der Waals surface area contributed by atoms with Crippen LogP contribution >= 0.6 is 12.4 Å². The van der Waals surface area contributed by atoms with Crippen LogP contribution < -0.4 is 15.8 Å². The van der Waals surface area contributed by atoms with Gasteiger partial charge in [-0.3, -0.25) is 9.59 Å². The Labute approximate surface area is 124 Å². The smallest absolute Gasteiger partial charge is 0.241 e. The van der Waals surface area contributed by atoms with E-state index >= 15 is 0 Å². The van der Waals surface area contributed by atoms with E-state index in [2.05, 4.69) is 5.32 Å². The highest BCUT2D eigenvalue weighted by Crippen LogP contribution is 2.07. The summed E-state index contributed by atoms with van der Waals surface area (Å²) in [5, 5.41) is 2.43. The van der Waals surface area contributed by atoms with E-state index in [4.69, 9.17) is 10.5 Å². The van der Waals surface area contributed by atoms with E-state index in [9.17, 15) is 9.59 Å². The molecule has 0 aliphatic rings. The molecule has 0 fully saturated rings. The van der Waals surface area contributed by atoms with Crippen molar-refractivity contribution >= 4 is 24.2 Å². The summed E-state index contributed by atoms with van der Waals surface area (Å²) in [5.41, 5.74) is 5.12. The van der Waals surface area contributed by atoms with Gasteiger partial charge in [0.2, 0.25) is 11.8 Å². The van der Waals surface area contributed by atoms with Crippen molar-refractivity contribution in [3.05, 3.63) is 30.3 Å². The number of hydrogen-bond acceptors (Lipinski definition) is 4. The first kappa shape index (κ1) is 18.2. The van der Waals surface area contributed by atoms with Gasteiger partial charge in [-0.1, -0.05) is 18.2 Å². The highest BCUT2D eigenvalue weighted by Gasteiger charge is 2.09. The van der Waals surface area contributed by atoms with E-state index in [0.717, 1.165) is 5.75 Å². The zero-order valence-corrected chi connectivity index (χ0v) is 12.2. The van der Waals surface area contributed by atoms with E-state index < -0.39 is 0 Å². The monoisotopic (exact) mass is 301 g/mol. The SMILES string of the molecule is CN(CCOc1ccccc1)C(=O)CNC(=O)CN.Cl. The first-order valence-electron chi connectivity index (χ1n) is 6.02. The standard InChI is InChI=1S/C13H19N3O3.ClH/c1-16(13(18)10-15-12(17)9-14)7-8-19-11-5-3-2-4-6-11;/h2-6H,7-10,14H2,1H3,(H,15,17);1H. The molecular weight excluding hydrogens is 282 g/mol. The summed E-state index contributed by atoms with van der Waals surface area (Å²) in [4.78, 5) is 24.0. The summed E-state index contributed by atoms with van der Waals surface area (Å²) < 4.78 is 5.47. The van der Waals surface area contributed by atoms with Gasteiger partial charge in [0.25, 0.3) is 0 Å². The number of halogens is 1. The normalized spacial score (nSPS) is 9.30. The number of ether oxygens (including phenoxy) is 1. The first-order valence-corrected chi connectivity index (χ1v) is 6.02. The van der Waals surface area contributed by atoms with Crippen molar-refractivity contribution in [3.8, 4) is 5.75 Å².